The molecular formula is C14H18ClNO2. The highest BCUT2D eigenvalue weighted by molar-refractivity contribution is 5.96. The van der Waals surface area contributed by atoms with Gasteiger partial charge in [0.25, 0.3) is 0 Å². The summed E-state index contributed by atoms with van der Waals surface area (Å²) in [5.41, 5.74) is 0.831. The molecule has 1 aromatic carbocycles. The van der Waals surface area contributed by atoms with Gasteiger partial charge in [-0.1, -0.05) is 30.8 Å². The second-order valence-electron chi connectivity index (χ2n) is 4.42. The van der Waals surface area contributed by atoms with E-state index in [9.17, 15) is 9.59 Å². The van der Waals surface area contributed by atoms with Gasteiger partial charge < -0.3 is 5.32 Å². The Morgan fingerprint density at radius 3 is 2.33 bits per heavy atom. The van der Waals surface area contributed by atoms with Crippen molar-refractivity contribution in [3.63, 3.8) is 0 Å². The normalized spacial score (nSPS) is 10.2. The van der Waals surface area contributed by atoms with Crippen LogP contribution in [0.15, 0.2) is 36.9 Å². The molecule has 0 radical (unpaired) electrons. The van der Waals surface area contributed by atoms with Gasteiger partial charge in [0.05, 0.1) is 5.54 Å². The summed E-state index contributed by atoms with van der Waals surface area (Å²) >= 11 is 0. The number of amides is 1. The maximum Gasteiger partial charge on any atom is 0.244 e. The van der Waals surface area contributed by atoms with Crippen molar-refractivity contribution in [1.82, 2.24) is 5.32 Å². The molecule has 4 heteroatoms. The van der Waals surface area contributed by atoms with Gasteiger partial charge in [0, 0.05) is 5.56 Å². The van der Waals surface area contributed by atoms with Crippen LogP contribution in [0, 0.1) is 0 Å². The molecule has 0 bridgehead atoms. The van der Waals surface area contributed by atoms with Gasteiger partial charge in [0.1, 0.15) is 0 Å². The molecule has 18 heavy (non-hydrogen) atoms. The van der Waals surface area contributed by atoms with E-state index in [1.54, 1.807) is 6.07 Å². The second kappa shape index (κ2) is 6.36. The van der Waals surface area contributed by atoms with Gasteiger partial charge in [-0.15, -0.1) is 12.4 Å². The summed E-state index contributed by atoms with van der Waals surface area (Å²) in [5.74, 6) is -0.269. The first-order valence-corrected chi connectivity index (χ1v) is 5.43. The minimum absolute atomic E-state index is 0. The zero-order chi connectivity index (χ0) is 13.1. The van der Waals surface area contributed by atoms with Crippen molar-refractivity contribution < 1.29 is 9.59 Å². The smallest absolute Gasteiger partial charge is 0.244 e. The maximum absolute atomic E-state index is 11.5. The number of Topliss-reactive ketones (excluding diaryl/α,β-unsaturated/α-hetero) is 1. The van der Waals surface area contributed by atoms with Crippen LogP contribution in [0.3, 0.4) is 0 Å². The van der Waals surface area contributed by atoms with E-state index in [-0.39, 0.29) is 24.1 Å². The van der Waals surface area contributed by atoms with Crippen LogP contribution >= 0.6 is 12.4 Å². The zero-order valence-corrected chi connectivity index (χ0v) is 11.6. The van der Waals surface area contributed by atoms with Gasteiger partial charge in [0.15, 0.2) is 5.78 Å². The Balaban J connectivity index is 0.00000289. The summed E-state index contributed by atoms with van der Waals surface area (Å²) in [7, 11) is 0. The van der Waals surface area contributed by atoms with E-state index in [4.69, 9.17) is 0 Å². The number of hydrogen-bond donors (Lipinski definition) is 1. The third-order valence-corrected chi connectivity index (χ3v) is 2.60. The number of carbonyl (C=O) groups is 2. The first-order chi connectivity index (χ1) is 7.88. The predicted octanol–water partition coefficient (Wildman–Crippen LogP) is 2.85. The molecule has 3 nitrogen and oxygen atoms in total. The standard InChI is InChI=1S/C14H17NO2.ClH/c1-5-13(17)15-14(3,4)12-9-7-6-8-11(12)10(2)16;/h5-9H,1H2,2-4H3,(H,15,17);1H. The lowest BCUT2D eigenvalue weighted by Crippen LogP contribution is -2.41. The first-order valence-electron chi connectivity index (χ1n) is 5.43. The zero-order valence-electron chi connectivity index (χ0n) is 10.8. The van der Waals surface area contributed by atoms with Crippen LogP contribution in [0.25, 0.3) is 0 Å². The van der Waals surface area contributed by atoms with Gasteiger partial charge in [-0.3, -0.25) is 9.59 Å². The Kier molecular flexibility index (Phi) is 5.79. The number of benzene rings is 1. The summed E-state index contributed by atoms with van der Waals surface area (Å²) in [6.45, 7) is 8.65. The molecule has 0 fully saturated rings. The number of halogens is 1. The SMILES string of the molecule is C=CC(=O)NC(C)(C)c1ccccc1C(C)=O.Cl. The van der Waals surface area contributed by atoms with E-state index in [0.717, 1.165) is 5.56 Å². The van der Waals surface area contributed by atoms with Crippen molar-refractivity contribution in [2.75, 3.05) is 0 Å². The molecule has 1 aromatic rings. The summed E-state index contributed by atoms with van der Waals surface area (Å²) < 4.78 is 0. The molecule has 0 aliphatic carbocycles. The average Bonchev–Trinajstić information content (AvgIpc) is 2.28. The van der Waals surface area contributed by atoms with Gasteiger partial charge in [-0.05, 0) is 32.4 Å². The number of hydrogen-bond acceptors (Lipinski definition) is 2. The van der Waals surface area contributed by atoms with E-state index in [2.05, 4.69) is 11.9 Å². The Labute approximate surface area is 114 Å². The van der Waals surface area contributed by atoms with Crippen molar-refractivity contribution in [3.8, 4) is 0 Å². The third kappa shape index (κ3) is 3.70. The Morgan fingerprint density at radius 1 is 1.28 bits per heavy atom. The molecular weight excluding hydrogens is 250 g/mol. The van der Waals surface area contributed by atoms with Crippen molar-refractivity contribution in [2.45, 2.75) is 26.3 Å². The van der Waals surface area contributed by atoms with Crippen LogP contribution in [0.4, 0.5) is 0 Å². The van der Waals surface area contributed by atoms with E-state index in [1.165, 1.54) is 13.0 Å². The van der Waals surface area contributed by atoms with Crippen LogP contribution < -0.4 is 5.32 Å². The molecule has 0 atom stereocenters. The fraction of sp³-hybridized carbons (Fsp3) is 0.286. The first kappa shape index (κ1) is 16.4. The van der Waals surface area contributed by atoms with Crippen molar-refractivity contribution in [3.05, 3.63) is 48.0 Å². The molecule has 0 aromatic heterocycles. The highest BCUT2D eigenvalue weighted by atomic mass is 35.5. The predicted molar refractivity (Wildman–Crippen MR) is 75.1 cm³/mol. The molecule has 0 heterocycles. The van der Waals surface area contributed by atoms with E-state index in [1.807, 2.05) is 32.0 Å². The Morgan fingerprint density at radius 2 is 1.83 bits per heavy atom. The van der Waals surface area contributed by atoms with Crippen LogP contribution in [0.1, 0.15) is 36.7 Å². The summed E-state index contributed by atoms with van der Waals surface area (Å²) in [6, 6.07) is 7.27. The molecule has 1 rings (SSSR count). The molecule has 0 unspecified atom stereocenters. The van der Waals surface area contributed by atoms with Crippen molar-refractivity contribution >= 4 is 24.1 Å². The summed E-state index contributed by atoms with van der Waals surface area (Å²) in [6.07, 6.45) is 1.22. The molecule has 98 valence electrons. The largest absolute Gasteiger partial charge is 0.344 e. The van der Waals surface area contributed by atoms with E-state index in [0.29, 0.717) is 5.56 Å². The minimum Gasteiger partial charge on any atom is -0.344 e. The van der Waals surface area contributed by atoms with Gasteiger partial charge in [-0.25, -0.2) is 0 Å². The van der Waals surface area contributed by atoms with Crippen LogP contribution in [-0.2, 0) is 10.3 Å². The number of rotatable bonds is 4. The minimum atomic E-state index is -0.604. The fourth-order valence-corrected chi connectivity index (χ4v) is 1.76. The van der Waals surface area contributed by atoms with Gasteiger partial charge >= 0.3 is 0 Å². The lowest BCUT2D eigenvalue weighted by molar-refractivity contribution is -0.118. The van der Waals surface area contributed by atoms with E-state index < -0.39 is 5.54 Å². The number of ketones is 1. The third-order valence-electron chi connectivity index (χ3n) is 2.60. The van der Waals surface area contributed by atoms with Gasteiger partial charge in [0.2, 0.25) is 5.91 Å². The Hall–Kier alpha value is -1.61. The average molecular weight is 268 g/mol. The number of nitrogens with one attached hydrogen (secondary N) is 1. The molecule has 1 amide bonds. The number of carbonyl (C=O) groups excluding carboxylic acids is 2. The molecule has 0 saturated heterocycles. The Bertz CT molecular complexity index is 467. The monoisotopic (exact) mass is 267 g/mol. The second-order valence-corrected chi connectivity index (χ2v) is 4.42. The molecule has 1 N–H and O–H groups in total. The maximum atomic E-state index is 11.5. The highest BCUT2D eigenvalue weighted by Crippen LogP contribution is 2.24. The van der Waals surface area contributed by atoms with Crippen LogP contribution in [0.5, 0.6) is 0 Å². The van der Waals surface area contributed by atoms with E-state index >= 15 is 0 Å². The highest BCUT2D eigenvalue weighted by Gasteiger charge is 2.25. The van der Waals surface area contributed by atoms with Crippen LogP contribution in [0.2, 0.25) is 0 Å². The fourth-order valence-electron chi connectivity index (χ4n) is 1.76. The quantitative estimate of drug-likeness (QED) is 0.674. The molecule has 0 aliphatic heterocycles. The van der Waals surface area contributed by atoms with Gasteiger partial charge in [-0.2, -0.15) is 0 Å². The summed E-state index contributed by atoms with van der Waals surface area (Å²) in [5, 5.41) is 2.81. The lowest BCUT2D eigenvalue weighted by atomic mass is 9.88. The van der Waals surface area contributed by atoms with Crippen LogP contribution in [-0.4, -0.2) is 11.7 Å². The van der Waals surface area contributed by atoms with Crippen molar-refractivity contribution in [1.29, 1.82) is 0 Å². The molecule has 0 saturated carbocycles. The molecule has 0 spiro atoms. The molecule has 0 aliphatic rings. The van der Waals surface area contributed by atoms with Crippen molar-refractivity contribution in [2.24, 2.45) is 0 Å². The lowest BCUT2D eigenvalue weighted by Gasteiger charge is -2.28. The summed E-state index contributed by atoms with van der Waals surface area (Å²) in [4.78, 5) is 22.9. The topological polar surface area (TPSA) is 46.2 Å².